The van der Waals surface area contributed by atoms with Gasteiger partial charge in [-0.25, -0.2) is 43.9 Å². The Hall–Kier alpha value is -4.46. The number of pyridine rings is 1. The van der Waals surface area contributed by atoms with E-state index in [0.717, 1.165) is 59.3 Å². The Labute approximate surface area is 305 Å². The topological polar surface area (TPSA) is 131 Å². The molecule has 3 aromatic carbocycles. The number of primary sulfonamides is 1. The number of hydrogen-bond acceptors (Lipinski definition) is 6. The Morgan fingerprint density at radius 1 is 0.833 bits per heavy atom. The van der Waals surface area contributed by atoms with Crippen LogP contribution in [0.2, 0.25) is 0 Å². The Morgan fingerprint density at radius 3 is 1.93 bits per heavy atom. The van der Waals surface area contributed by atoms with Crippen molar-refractivity contribution >= 4 is 31.6 Å². The summed E-state index contributed by atoms with van der Waals surface area (Å²) in [5.41, 5.74) is -0.594. The van der Waals surface area contributed by atoms with Gasteiger partial charge in [0.1, 0.15) is 0 Å². The van der Waals surface area contributed by atoms with Crippen LogP contribution in [0, 0.1) is 29.1 Å². The molecule has 0 spiro atoms. The van der Waals surface area contributed by atoms with Crippen molar-refractivity contribution in [2.24, 2.45) is 5.14 Å². The maximum atomic E-state index is 15.0. The molecule has 0 aliphatic heterocycles. The lowest BCUT2D eigenvalue weighted by Crippen LogP contribution is -2.43. The smallest absolute Gasteiger partial charge is 0.307 e. The second-order valence-corrected chi connectivity index (χ2v) is 17.1. The molecule has 5 rings (SSSR count). The molecule has 0 saturated heterocycles. The van der Waals surface area contributed by atoms with Crippen LogP contribution in [0.1, 0.15) is 67.3 Å². The number of anilines is 1. The van der Waals surface area contributed by atoms with Gasteiger partial charge in [0.05, 0.1) is 23.5 Å². The third-order valence-corrected chi connectivity index (χ3v) is 11.4. The molecule has 1 saturated carbocycles. The molecule has 1 aliphatic rings. The van der Waals surface area contributed by atoms with Gasteiger partial charge < -0.3 is 4.90 Å². The van der Waals surface area contributed by atoms with Gasteiger partial charge in [-0.1, -0.05) is 39.0 Å². The van der Waals surface area contributed by atoms with Crippen LogP contribution in [0.15, 0.2) is 70.7 Å². The Morgan fingerprint density at radius 2 is 1.41 bits per heavy atom. The quantitative estimate of drug-likeness (QED) is 0.0984. The van der Waals surface area contributed by atoms with Gasteiger partial charge in [0.2, 0.25) is 31.8 Å². The molecule has 290 valence electrons. The van der Waals surface area contributed by atoms with Gasteiger partial charge in [0.15, 0.2) is 28.2 Å². The summed E-state index contributed by atoms with van der Waals surface area (Å²) in [6.45, 7) is 2.47. The third kappa shape index (κ3) is 8.58. The average Bonchev–Trinajstić information content (AvgIpc) is 3.93. The zero-order valence-electron chi connectivity index (χ0n) is 28.7. The van der Waals surface area contributed by atoms with E-state index < -0.39 is 95.7 Å². The van der Waals surface area contributed by atoms with Gasteiger partial charge in [0, 0.05) is 24.6 Å². The molecule has 4 aromatic rings. The third-order valence-electron chi connectivity index (χ3n) is 8.68. The summed E-state index contributed by atoms with van der Waals surface area (Å²) in [7, 11) is -10.3. The minimum atomic E-state index is -6.03. The van der Waals surface area contributed by atoms with E-state index in [2.05, 4.69) is 4.98 Å². The van der Waals surface area contributed by atoms with Gasteiger partial charge in [-0.2, -0.15) is 17.5 Å². The maximum Gasteiger partial charge on any atom is 0.416 e. The molecule has 19 heteroatoms. The molecule has 1 amide bonds. The predicted octanol–water partition coefficient (Wildman–Crippen LogP) is 7.04. The highest BCUT2D eigenvalue weighted by atomic mass is 32.2. The molecule has 1 aromatic heterocycles. The molecule has 1 heterocycles. The fraction of sp³-hybridized carbons (Fsp3) is 0.314. The monoisotopic (exact) mass is 804 g/mol. The number of hydrogen-bond donors (Lipinski definition) is 1. The van der Waals surface area contributed by atoms with E-state index in [-0.39, 0.29) is 27.4 Å². The van der Waals surface area contributed by atoms with Crippen molar-refractivity contribution in [1.29, 1.82) is 0 Å². The van der Waals surface area contributed by atoms with Crippen LogP contribution in [0.25, 0.3) is 0 Å². The first-order chi connectivity index (χ1) is 24.9. The van der Waals surface area contributed by atoms with E-state index in [9.17, 15) is 48.0 Å². The number of carbonyl (C=O) groups excluding carboxylic acids is 1. The lowest BCUT2D eigenvalue weighted by Gasteiger charge is -2.29. The molecule has 54 heavy (non-hydrogen) atoms. The fourth-order valence-electron chi connectivity index (χ4n) is 5.64. The largest absolute Gasteiger partial charge is 0.416 e. The first-order valence-corrected chi connectivity index (χ1v) is 19.0. The minimum absolute atomic E-state index is 0.0764. The Bertz CT molecular complexity index is 2300. The molecular formula is C35H32F8N4O5S2. The van der Waals surface area contributed by atoms with Crippen LogP contribution in [0.5, 0.6) is 0 Å². The van der Waals surface area contributed by atoms with Crippen molar-refractivity contribution in [3.05, 3.63) is 118 Å². The standard InChI is InChI=1S/C35H32F8N4O5S2/c1-34(2,3)23-13-19(12-21(14-23)20-4-5-20)16-47(24-6-8-25(9-7-24)53(44,49)50)27(48)18-46(17-22-15-45-11-10-26(22)35(41,42)43)54(51,52)33-31(39)29(37)28(36)30(38)32(33)40/h6-15,20H,4-5,16-18H2,1-3H3,(H2,44,49,50). The molecule has 9 nitrogen and oxygen atoms in total. The number of nitrogens with zero attached hydrogens (tertiary/aromatic N) is 3. The van der Waals surface area contributed by atoms with E-state index in [1.54, 1.807) is 12.1 Å². The summed E-state index contributed by atoms with van der Waals surface area (Å²) in [5, 5.41) is 5.21. The van der Waals surface area contributed by atoms with Crippen LogP contribution in [0.3, 0.4) is 0 Å². The molecule has 1 aliphatic carbocycles. The summed E-state index contributed by atoms with van der Waals surface area (Å²) >= 11 is 0. The van der Waals surface area contributed by atoms with Crippen LogP contribution < -0.4 is 10.0 Å². The SMILES string of the molecule is CC(C)(C)c1cc(CN(C(=O)CN(Cc2cnccc2C(F)(F)F)S(=O)(=O)c2c(F)c(F)c(F)c(F)c2F)c2ccc(S(N)(=O)=O)cc2)cc(C2CC2)c1. The highest BCUT2D eigenvalue weighted by molar-refractivity contribution is 7.89. The van der Waals surface area contributed by atoms with E-state index in [0.29, 0.717) is 17.8 Å². The second-order valence-electron chi connectivity index (χ2n) is 13.7. The Balaban J connectivity index is 1.67. The summed E-state index contributed by atoms with van der Waals surface area (Å²) in [4.78, 5) is 16.0. The van der Waals surface area contributed by atoms with Crippen molar-refractivity contribution in [2.75, 3.05) is 11.4 Å². The zero-order chi connectivity index (χ0) is 40.1. The lowest BCUT2D eigenvalue weighted by molar-refractivity contribution is -0.138. The number of amides is 1. The van der Waals surface area contributed by atoms with Gasteiger partial charge in [-0.15, -0.1) is 0 Å². The number of alkyl halides is 3. The zero-order valence-corrected chi connectivity index (χ0v) is 30.3. The minimum Gasteiger partial charge on any atom is -0.307 e. The van der Waals surface area contributed by atoms with Crippen molar-refractivity contribution in [2.45, 2.75) is 74.0 Å². The highest BCUT2D eigenvalue weighted by Crippen LogP contribution is 2.42. The van der Waals surface area contributed by atoms with E-state index in [4.69, 9.17) is 5.14 Å². The van der Waals surface area contributed by atoms with Gasteiger partial charge in [0.25, 0.3) is 0 Å². The molecule has 2 N–H and O–H groups in total. The van der Waals surface area contributed by atoms with Gasteiger partial charge >= 0.3 is 6.18 Å². The number of nitrogens with two attached hydrogens (primary N) is 1. The summed E-state index contributed by atoms with van der Waals surface area (Å²) < 4.78 is 166. The molecule has 0 radical (unpaired) electrons. The molecule has 0 unspecified atom stereocenters. The van der Waals surface area contributed by atoms with Crippen molar-refractivity contribution in [3.8, 4) is 0 Å². The van der Waals surface area contributed by atoms with Crippen LogP contribution in [-0.4, -0.2) is 38.6 Å². The number of rotatable bonds is 11. The number of aromatic nitrogens is 1. The average molecular weight is 805 g/mol. The Kier molecular flexibility index (Phi) is 11.0. The van der Waals surface area contributed by atoms with Gasteiger partial charge in [-0.3, -0.25) is 9.78 Å². The van der Waals surface area contributed by atoms with E-state index in [1.165, 1.54) is 0 Å². The summed E-state index contributed by atoms with van der Waals surface area (Å²) in [6.07, 6.45) is -2.08. The van der Waals surface area contributed by atoms with E-state index in [1.807, 2.05) is 26.8 Å². The predicted molar refractivity (Wildman–Crippen MR) is 179 cm³/mol. The lowest BCUT2D eigenvalue weighted by atomic mass is 9.84. The number of halogens is 8. The van der Waals surface area contributed by atoms with E-state index >= 15 is 8.78 Å². The van der Waals surface area contributed by atoms with Crippen molar-refractivity contribution < 1.29 is 56.8 Å². The van der Waals surface area contributed by atoms with Crippen LogP contribution >= 0.6 is 0 Å². The number of sulfonamides is 2. The second kappa shape index (κ2) is 14.6. The van der Waals surface area contributed by atoms with Crippen LogP contribution in [0.4, 0.5) is 40.8 Å². The summed E-state index contributed by atoms with van der Waals surface area (Å²) in [5.74, 6) is -14.7. The summed E-state index contributed by atoms with van der Waals surface area (Å²) in [6, 6.07) is 10.3. The fourth-order valence-corrected chi connectivity index (χ4v) is 7.63. The molecule has 0 bridgehead atoms. The first kappa shape index (κ1) is 40.7. The van der Waals surface area contributed by atoms with Crippen molar-refractivity contribution in [3.63, 3.8) is 0 Å². The molecule has 1 fully saturated rings. The highest BCUT2D eigenvalue weighted by Gasteiger charge is 2.41. The van der Waals surface area contributed by atoms with Crippen LogP contribution in [-0.2, 0) is 49.5 Å². The van der Waals surface area contributed by atoms with Gasteiger partial charge in [-0.05, 0) is 76.8 Å². The maximum absolute atomic E-state index is 15.0. The normalized spacial score (nSPS) is 14.1. The molecular weight excluding hydrogens is 773 g/mol. The number of benzene rings is 3. The van der Waals surface area contributed by atoms with Crippen molar-refractivity contribution in [1.82, 2.24) is 9.29 Å². The molecule has 0 atom stereocenters. The first-order valence-electron chi connectivity index (χ1n) is 16.0. The number of carbonyl (C=O) groups is 1.